The minimum atomic E-state index is -0.633. The Hall–Kier alpha value is -2.86. The van der Waals surface area contributed by atoms with Gasteiger partial charge >= 0.3 is 0 Å². The zero-order valence-corrected chi connectivity index (χ0v) is 20.1. The molecule has 1 aliphatic heterocycles. The van der Waals surface area contributed by atoms with Gasteiger partial charge in [-0.05, 0) is 32.3 Å². The van der Waals surface area contributed by atoms with Gasteiger partial charge < -0.3 is 26.6 Å². The Morgan fingerprint density at radius 3 is 2.68 bits per heavy atom. The van der Waals surface area contributed by atoms with Crippen molar-refractivity contribution in [2.24, 2.45) is 5.73 Å². The van der Waals surface area contributed by atoms with Crippen LogP contribution in [0, 0.1) is 11.6 Å². The fraction of sp³-hybridized carbons (Fsp3) is 0.318. The van der Waals surface area contributed by atoms with Gasteiger partial charge in [0, 0.05) is 48.7 Å². The van der Waals surface area contributed by atoms with E-state index in [0.717, 1.165) is 24.4 Å². The third-order valence-electron chi connectivity index (χ3n) is 5.96. The highest BCUT2D eigenvalue weighted by atomic mass is 35.5. The molecule has 5 rings (SSSR count). The Bertz CT molecular complexity index is 1400. The number of nitrogens with two attached hydrogens (primary N) is 2. The Morgan fingerprint density at radius 2 is 1.97 bits per heavy atom. The van der Waals surface area contributed by atoms with Crippen LogP contribution in [0.2, 0.25) is 5.02 Å². The molecule has 2 aromatic heterocycles. The number of benzene rings is 2. The molecule has 8 nitrogen and oxygen atoms in total. The average molecular weight is 505 g/mol. The van der Waals surface area contributed by atoms with Crippen molar-refractivity contribution in [3.05, 3.63) is 34.9 Å². The van der Waals surface area contributed by atoms with Crippen molar-refractivity contribution < 1.29 is 8.78 Å². The molecule has 0 bridgehead atoms. The minimum absolute atomic E-state index is 0.0914. The number of fused-ring (bicyclic) bond motifs is 2. The molecule has 4 aromatic rings. The number of hydrogen-bond acceptors (Lipinski definition) is 9. The quantitative estimate of drug-likeness (QED) is 0.366. The van der Waals surface area contributed by atoms with Gasteiger partial charge in [0.2, 0.25) is 5.95 Å². The Labute approximate surface area is 203 Å². The van der Waals surface area contributed by atoms with E-state index in [4.69, 9.17) is 23.1 Å². The third-order valence-corrected chi connectivity index (χ3v) is 7.16. The van der Waals surface area contributed by atoms with Gasteiger partial charge in [0.05, 0.1) is 15.2 Å². The number of halogens is 3. The molecule has 0 saturated carbocycles. The summed E-state index contributed by atoms with van der Waals surface area (Å²) in [6, 6.07) is 4.70. The second kappa shape index (κ2) is 8.73. The summed E-state index contributed by atoms with van der Waals surface area (Å²) in [5, 5.41) is 3.91. The summed E-state index contributed by atoms with van der Waals surface area (Å²) in [5.74, 6) is -0.241. The highest BCUT2D eigenvalue weighted by Gasteiger charge is 2.31. The molecular weight excluding hydrogens is 482 g/mol. The lowest BCUT2D eigenvalue weighted by Gasteiger charge is -2.42. The van der Waals surface area contributed by atoms with Crippen molar-refractivity contribution in [3.63, 3.8) is 0 Å². The van der Waals surface area contributed by atoms with Crippen molar-refractivity contribution in [1.82, 2.24) is 19.9 Å². The largest absolute Gasteiger partial charge is 0.375 e. The van der Waals surface area contributed by atoms with Gasteiger partial charge in [-0.2, -0.15) is 4.98 Å². The molecule has 178 valence electrons. The molecule has 0 amide bonds. The maximum atomic E-state index is 16.1. The van der Waals surface area contributed by atoms with Crippen LogP contribution in [0.3, 0.4) is 0 Å². The number of thiazole rings is 1. The van der Waals surface area contributed by atoms with Gasteiger partial charge in [-0.15, -0.1) is 0 Å². The van der Waals surface area contributed by atoms with E-state index >= 15 is 4.39 Å². The molecule has 0 radical (unpaired) electrons. The molecule has 0 atom stereocenters. The van der Waals surface area contributed by atoms with Crippen molar-refractivity contribution in [1.29, 1.82) is 0 Å². The van der Waals surface area contributed by atoms with E-state index in [0.29, 0.717) is 41.8 Å². The number of nitrogens with one attached hydrogen (secondary N) is 1. The second-order valence-electron chi connectivity index (χ2n) is 8.38. The lowest BCUT2D eigenvalue weighted by Crippen LogP contribution is -2.58. The first-order valence-corrected chi connectivity index (χ1v) is 11.9. The molecule has 0 spiro atoms. The lowest BCUT2D eigenvalue weighted by molar-refractivity contribution is 0.245. The van der Waals surface area contributed by atoms with Crippen LogP contribution < -0.4 is 21.7 Å². The number of aromatic nitrogens is 3. The Balaban J connectivity index is 1.70. The fourth-order valence-electron chi connectivity index (χ4n) is 4.04. The predicted molar refractivity (Wildman–Crippen MR) is 135 cm³/mol. The highest BCUT2D eigenvalue weighted by Crippen LogP contribution is 2.42. The molecule has 1 fully saturated rings. The van der Waals surface area contributed by atoms with Crippen molar-refractivity contribution in [2.75, 3.05) is 56.2 Å². The zero-order chi connectivity index (χ0) is 24.1. The lowest BCUT2D eigenvalue weighted by atomic mass is 10.0. The fourth-order valence-corrected chi connectivity index (χ4v) is 5.09. The molecule has 34 heavy (non-hydrogen) atoms. The summed E-state index contributed by atoms with van der Waals surface area (Å²) in [6.45, 7) is 2.28. The number of anilines is 3. The summed E-state index contributed by atoms with van der Waals surface area (Å²) in [5.41, 5.74) is 12.3. The van der Waals surface area contributed by atoms with Gasteiger partial charge in [0.15, 0.2) is 10.9 Å². The molecule has 0 unspecified atom stereocenters. The van der Waals surface area contributed by atoms with Crippen LogP contribution >= 0.6 is 22.9 Å². The van der Waals surface area contributed by atoms with E-state index in [9.17, 15) is 4.39 Å². The van der Waals surface area contributed by atoms with E-state index in [1.165, 1.54) is 12.1 Å². The topological polar surface area (TPSA) is 109 Å². The van der Waals surface area contributed by atoms with E-state index in [1.807, 2.05) is 19.0 Å². The van der Waals surface area contributed by atoms with Gasteiger partial charge in [-0.3, -0.25) is 0 Å². The highest BCUT2D eigenvalue weighted by molar-refractivity contribution is 7.22. The number of nitrogens with zero attached hydrogens (tertiary/aromatic N) is 5. The van der Waals surface area contributed by atoms with E-state index in [1.54, 1.807) is 6.07 Å². The van der Waals surface area contributed by atoms with Crippen LogP contribution in [0.15, 0.2) is 18.2 Å². The molecule has 1 saturated heterocycles. The van der Waals surface area contributed by atoms with Crippen LogP contribution in [-0.2, 0) is 0 Å². The molecular formula is C22H23ClF2N8S. The predicted octanol–water partition coefficient (Wildman–Crippen LogP) is 3.54. The van der Waals surface area contributed by atoms with E-state index in [-0.39, 0.29) is 31.5 Å². The summed E-state index contributed by atoms with van der Waals surface area (Å²) >= 11 is 7.58. The monoisotopic (exact) mass is 504 g/mol. The van der Waals surface area contributed by atoms with Gasteiger partial charge in [-0.1, -0.05) is 22.9 Å². The Kier molecular flexibility index (Phi) is 5.88. The SMILES string of the molecule is CN(C)C1CN(c2nc(NCCN)c3cc(Cl)c(-c4ccc(F)c5sc(N)nc45)c(F)c3n2)C1. The van der Waals surface area contributed by atoms with Crippen LogP contribution in [0.1, 0.15) is 0 Å². The van der Waals surface area contributed by atoms with Crippen molar-refractivity contribution in [2.45, 2.75) is 6.04 Å². The van der Waals surface area contributed by atoms with Crippen molar-refractivity contribution >= 4 is 61.0 Å². The molecule has 3 heterocycles. The summed E-state index contributed by atoms with van der Waals surface area (Å²) in [4.78, 5) is 17.5. The molecule has 1 aliphatic rings. The van der Waals surface area contributed by atoms with Crippen LogP contribution in [0.5, 0.6) is 0 Å². The zero-order valence-electron chi connectivity index (χ0n) is 18.6. The first-order valence-electron chi connectivity index (χ1n) is 10.7. The van der Waals surface area contributed by atoms with Crippen LogP contribution in [0.25, 0.3) is 32.2 Å². The summed E-state index contributed by atoms with van der Waals surface area (Å²) in [7, 11) is 4.03. The maximum absolute atomic E-state index is 16.1. The van der Waals surface area contributed by atoms with Gasteiger partial charge in [-0.25, -0.2) is 18.7 Å². The second-order valence-corrected chi connectivity index (χ2v) is 9.82. The number of likely N-dealkylation sites (N-methyl/N-ethyl adjacent to an activating group) is 1. The molecule has 0 aliphatic carbocycles. The average Bonchev–Trinajstić information content (AvgIpc) is 3.15. The maximum Gasteiger partial charge on any atom is 0.228 e. The number of rotatable bonds is 6. The minimum Gasteiger partial charge on any atom is -0.375 e. The van der Waals surface area contributed by atoms with E-state index in [2.05, 4.69) is 25.2 Å². The molecule has 2 aromatic carbocycles. The smallest absolute Gasteiger partial charge is 0.228 e. The summed E-state index contributed by atoms with van der Waals surface area (Å²) in [6.07, 6.45) is 0. The van der Waals surface area contributed by atoms with Gasteiger partial charge in [0.25, 0.3) is 0 Å². The van der Waals surface area contributed by atoms with Crippen molar-refractivity contribution in [3.8, 4) is 11.1 Å². The van der Waals surface area contributed by atoms with Crippen LogP contribution in [-0.4, -0.2) is 66.2 Å². The van der Waals surface area contributed by atoms with E-state index < -0.39 is 11.6 Å². The normalized spacial score (nSPS) is 14.4. The van der Waals surface area contributed by atoms with Gasteiger partial charge in [0.1, 0.15) is 17.2 Å². The standard InChI is InChI=1S/C22H23ClF2N8S/c1-32(2)10-8-33(9-10)22-30-17-12(20(31-22)28-6-5-26)7-13(23)15(16(17)25)11-3-4-14(24)19-18(11)29-21(27)34-19/h3-4,7,10H,5-6,8-9,26H2,1-2H3,(H2,27,29)(H,28,30,31). The summed E-state index contributed by atoms with van der Waals surface area (Å²) < 4.78 is 30.7. The molecule has 5 N–H and O–H groups in total. The number of hydrogen-bond donors (Lipinski definition) is 3. The first-order chi connectivity index (χ1) is 16.3. The molecule has 12 heteroatoms. The van der Waals surface area contributed by atoms with Crippen LogP contribution in [0.4, 0.5) is 25.7 Å². The first kappa shape index (κ1) is 22.9. The number of nitrogen functional groups attached to an aromatic ring is 1. The third kappa shape index (κ3) is 3.78. The Morgan fingerprint density at radius 1 is 1.21 bits per heavy atom.